The van der Waals surface area contributed by atoms with Crippen LogP contribution < -0.4 is 18.9 Å². The van der Waals surface area contributed by atoms with Crippen molar-refractivity contribution in [3.63, 3.8) is 0 Å². The molecule has 0 bridgehead atoms. The minimum absolute atomic E-state index is 0.242. The number of ether oxygens (including phenoxy) is 6. The van der Waals surface area contributed by atoms with Crippen LogP contribution in [0, 0.1) is 0 Å². The summed E-state index contributed by atoms with van der Waals surface area (Å²) in [4.78, 5) is 0. The van der Waals surface area contributed by atoms with Crippen molar-refractivity contribution in [2.75, 3.05) is 39.6 Å². The van der Waals surface area contributed by atoms with Gasteiger partial charge < -0.3 is 28.4 Å². The quantitative estimate of drug-likeness (QED) is 0.321. The lowest BCUT2D eigenvalue weighted by Crippen LogP contribution is -2.07. The smallest absolute Gasteiger partial charge is 0.161 e. The van der Waals surface area contributed by atoms with Crippen molar-refractivity contribution in [2.24, 2.45) is 0 Å². The van der Waals surface area contributed by atoms with Gasteiger partial charge in [-0.15, -0.1) is 0 Å². The lowest BCUT2D eigenvalue weighted by molar-refractivity contribution is 0.235. The fourth-order valence-corrected chi connectivity index (χ4v) is 2.99. The summed E-state index contributed by atoms with van der Waals surface area (Å²) in [6.45, 7) is 4.12. The molecule has 2 unspecified atom stereocenters. The van der Waals surface area contributed by atoms with E-state index in [0.29, 0.717) is 26.4 Å². The number of rotatable bonds is 15. The molecule has 2 saturated heterocycles. The minimum atomic E-state index is 0.242. The summed E-state index contributed by atoms with van der Waals surface area (Å²) in [5, 5.41) is 0. The lowest BCUT2D eigenvalue weighted by atomic mass is 10.2. The predicted molar refractivity (Wildman–Crippen MR) is 113 cm³/mol. The number of benzene rings is 2. The Hall–Kier alpha value is -2.44. The van der Waals surface area contributed by atoms with Crippen LogP contribution in [0.4, 0.5) is 0 Å². The van der Waals surface area contributed by atoms with Crippen LogP contribution in [-0.2, 0) is 9.47 Å². The summed E-state index contributed by atoms with van der Waals surface area (Å²) in [6, 6.07) is 15.6. The molecule has 0 amide bonds. The van der Waals surface area contributed by atoms with Gasteiger partial charge in [0.25, 0.3) is 0 Å². The van der Waals surface area contributed by atoms with E-state index in [2.05, 4.69) is 0 Å². The number of para-hydroxylation sites is 4. The molecule has 2 aromatic carbocycles. The molecule has 6 nitrogen and oxygen atoms in total. The molecule has 4 rings (SSSR count). The summed E-state index contributed by atoms with van der Waals surface area (Å²) >= 11 is 0. The van der Waals surface area contributed by atoms with Crippen LogP contribution in [0.25, 0.3) is 0 Å². The zero-order valence-electron chi connectivity index (χ0n) is 17.3. The Morgan fingerprint density at radius 3 is 1.30 bits per heavy atom. The summed E-state index contributed by atoms with van der Waals surface area (Å²) in [5.74, 6) is 3.18. The van der Waals surface area contributed by atoms with Crippen LogP contribution in [0.5, 0.6) is 23.0 Å². The number of hydrogen-bond acceptors (Lipinski definition) is 6. The third kappa shape index (κ3) is 7.11. The largest absolute Gasteiger partial charge is 0.490 e. The number of hydrogen-bond donors (Lipinski definition) is 0. The molecule has 30 heavy (non-hydrogen) atoms. The van der Waals surface area contributed by atoms with E-state index < -0.39 is 0 Å². The van der Waals surface area contributed by atoms with Crippen LogP contribution in [0.1, 0.15) is 25.7 Å². The molecule has 6 heteroatoms. The van der Waals surface area contributed by atoms with Gasteiger partial charge in [-0.2, -0.15) is 0 Å². The standard InChI is InChI=1S/C24H30O6/c1(7-13-25-21-9-3-5-11-23(21)29-17-19-15-27-19)2-8-14-26-22-10-4-6-12-24(22)30-18-20-16-28-20/h3-6,9-12,19-20H,1-2,7-8,13-18H2. The SMILES string of the molecule is c1ccc(OCC2CO2)c(OCCCCCCOc2ccccc2OCC2CO2)c1. The molecule has 2 aliphatic rings. The van der Waals surface area contributed by atoms with Crippen molar-refractivity contribution in [3.05, 3.63) is 48.5 Å². The highest BCUT2D eigenvalue weighted by atomic mass is 16.6. The molecular formula is C24H30O6. The average Bonchev–Trinajstić information content (AvgIpc) is 3.69. The van der Waals surface area contributed by atoms with Crippen molar-refractivity contribution < 1.29 is 28.4 Å². The van der Waals surface area contributed by atoms with Gasteiger partial charge in [-0.25, -0.2) is 0 Å². The van der Waals surface area contributed by atoms with Crippen LogP contribution in [0.3, 0.4) is 0 Å². The third-order valence-corrected chi connectivity index (χ3v) is 4.91. The summed E-state index contributed by atoms with van der Waals surface area (Å²) in [5.41, 5.74) is 0. The molecule has 0 radical (unpaired) electrons. The Balaban J connectivity index is 1.07. The van der Waals surface area contributed by atoms with Crippen molar-refractivity contribution in [1.82, 2.24) is 0 Å². The normalized spacial score (nSPS) is 19.2. The fraction of sp³-hybridized carbons (Fsp3) is 0.500. The predicted octanol–water partition coefficient (Wildman–Crippen LogP) is 4.26. The van der Waals surface area contributed by atoms with Crippen molar-refractivity contribution >= 4 is 0 Å². The first kappa shape index (κ1) is 20.8. The van der Waals surface area contributed by atoms with Gasteiger partial charge in [-0.05, 0) is 49.9 Å². The zero-order chi connectivity index (χ0) is 20.4. The molecular weight excluding hydrogens is 384 g/mol. The zero-order valence-corrected chi connectivity index (χ0v) is 17.3. The molecule has 162 valence electrons. The van der Waals surface area contributed by atoms with Crippen molar-refractivity contribution in [3.8, 4) is 23.0 Å². The Bertz CT molecular complexity index is 706. The maximum atomic E-state index is 5.91. The van der Waals surface area contributed by atoms with E-state index in [0.717, 1.165) is 61.9 Å². The summed E-state index contributed by atoms with van der Waals surface area (Å²) in [7, 11) is 0. The van der Waals surface area contributed by atoms with E-state index in [1.807, 2.05) is 48.5 Å². The third-order valence-electron chi connectivity index (χ3n) is 4.91. The van der Waals surface area contributed by atoms with E-state index in [9.17, 15) is 0 Å². The monoisotopic (exact) mass is 414 g/mol. The highest BCUT2D eigenvalue weighted by molar-refractivity contribution is 5.40. The number of unbranched alkanes of at least 4 members (excludes halogenated alkanes) is 3. The molecule has 2 aromatic rings. The first-order valence-corrected chi connectivity index (χ1v) is 10.8. The van der Waals surface area contributed by atoms with E-state index >= 15 is 0 Å². The molecule has 0 aliphatic carbocycles. The van der Waals surface area contributed by atoms with Gasteiger partial charge in [-0.3, -0.25) is 0 Å². The molecule has 2 fully saturated rings. The minimum Gasteiger partial charge on any atom is -0.490 e. The Labute approximate surface area is 178 Å². The Kier molecular flexibility index (Phi) is 7.69. The highest BCUT2D eigenvalue weighted by Gasteiger charge is 2.24. The molecule has 2 atom stereocenters. The van der Waals surface area contributed by atoms with E-state index in [4.69, 9.17) is 28.4 Å². The summed E-state index contributed by atoms with van der Waals surface area (Å²) in [6.07, 6.45) is 4.68. The van der Waals surface area contributed by atoms with Gasteiger partial charge >= 0.3 is 0 Å². The topological polar surface area (TPSA) is 62.0 Å². The van der Waals surface area contributed by atoms with Crippen molar-refractivity contribution in [2.45, 2.75) is 37.9 Å². The first-order valence-electron chi connectivity index (χ1n) is 10.8. The second kappa shape index (κ2) is 11.1. The highest BCUT2D eigenvalue weighted by Crippen LogP contribution is 2.29. The Morgan fingerprint density at radius 2 is 0.933 bits per heavy atom. The van der Waals surface area contributed by atoms with E-state index in [-0.39, 0.29) is 12.2 Å². The first-order chi connectivity index (χ1) is 14.9. The van der Waals surface area contributed by atoms with Gasteiger partial charge in [0.2, 0.25) is 0 Å². The van der Waals surface area contributed by atoms with Gasteiger partial charge in [0, 0.05) is 0 Å². The summed E-state index contributed by atoms with van der Waals surface area (Å²) < 4.78 is 33.7. The van der Waals surface area contributed by atoms with E-state index in [1.54, 1.807) is 0 Å². The van der Waals surface area contributed by atoms with Crippen molar-refractivity contribution in [1.29, 1.82) is 0 Å². The molecule has 0 spiro atoms. The molecule has 0 aromatic heterocycles. The van der Waals surface area contributed by atoms with Gasteiger partial charge in [-0.1, -0.05) is 24.3 Å². The second-order valence-corrected chi connectivity index (χ2v) is 7.54. The molecule has 0 saturated carbocycles. The molecule has 2 aliphatic heterocycles. The van der Waals surface area contributed by atoms with Gasteiger partial charge in [0.15, 0.2) is 23.0 Å². The Morgan fingerprint density at radius 1 is 0.567 bits per heavy atom. The second-order valence-electron chi connectivity index (χ2n) is 7.54. The van der Waals surface area contributed by atoms with Crippen LogP contribution in [0.2, 0.25) is 0 Å². The molecule has 2 heterocycles. The van der Waals surface area contributed by atoms with Gasteiger partial charge in [0.05, 0.1) is 26.4 Å². The van der Waals surface area contributed by atoms with Crippen LogP contribution in [-0.4, -0.2) is 51.8 Å². The van der Waals surface area contributed by atoms with Crippen LogP contribution >= 0.6 is 0 Å². The van der Waals surface area contributed by atoms with Gasteiger partial charge in [0.1, 0.15) is 25.4 Å². The van der Waals surface area contributed by atoms with Crippen LogP contribution in [0.15, 0.2) is 48.5 Å². The number of epoxide rings is 2. The van der Waals surface area contributed by atoms with E-state index in [1.165, 1.54) is 0 Å². The maximum Gasteiger partial charge on any atom is 0.161 e. The molecule has 0 N–H and O–H groups in total. The lowest BCUT2D eigenvalue weighted by Gasteiger charge is -2.13. The maximum absolute atomic E-state index is 5.91. The average molecular weight is 414 g/mol. The fourth-order valence-electron chi connectivity index (χ4n) is 2.99.